The molecular weight excluding hydrogens is 226 g/mol. The summed E-state index contributed by atoms with van der Waals surface area (Å²) in [5.74, 6) is 0. The standard InChI is InChI=1S/C15H19NS/c1-11-5-6-13(8-12(11)2)9-14(16)10-15-4-3-7-17-15/h3-8,14H,9-10,16H2,1-2H3. The van der Waals surface area contributed by atoms with Crippen molar-refractivity contribution in [2.24, 2.45) is 5.73 Å². The van der Waals surface area contributed by atoms with E-state index in [-0.39, 0.29) is 6.04 Å². The minimum atomic E-state index is 0.218. The van der Waals surface area contributed by atoms with E-state index in [0.717, 1.165) is 12.8 Å². The van der Waals surface area contributed by atoms with Crippen molar-refractivity contribution in [1.82, 2.24) is 0 Å². The van der Waals surface area contributed by atoms with Crippen LogP contribution in [0.3, 0.4) is 0 Å². The lowest BCUT2D eigenvalue weighted by molar-refractivity contribution is 0.670. The first-order valence-corrected chi connectivity index (χ1v) is 6.87. The first-order valence-electron chi connectivity index (χ1n) is 5.99. The molecule has 0 bridgehead atoms. The van der Waals surface area contributed by atoms with Crippen molar-refractivity contribution in [3.05, 3.63) is 57.3 Å². The quantitative estimate of drug-likeness (QED) is 0.877. The molecule has 1 atom stereocenters. The SMILES string of the molecule is Cc1ccc(CC(N)Cc2cccs2)cc1C. The summed E-state index contributed by atoms with van der Waals surface area (Å²) in [5, 5.41) is 2.11. The van der Waals surface area contributed by atoms with Gasteiger partial charge in [-0.15, -0.1) is 11.3 Å². The Morgan fingerprint density at radius 3 is 2.59 bits per heavy atom. The summed E-state index contributed by atoms with van der Waals surface area (Å²) in [6.07, 6.45) is 1.93. The average molecular weight is 245 g/mol. The summed E-state index contributed by atoms with van der Waals surface area (Å²) in [7, 11) is 0. The fraction of sp³-hybridized carbons (Fsp3) is 0.333. The molecule has 2 rings (SSSR count). The Morgan fingerprint density at radius 2 is 1.94 bits per heavy atom. The van der Waals surface area contributed by atoms with E-state index >= 15 is 0 Å². The van der Waals surface area contributed by atoms with E-state index in [0.29, 0.717) is 0 Å². The van der Waals surface area contributed by atoms with Gasteiger partial charge in [-0.25, -0.2) is 0 Å². The van der Waals surface area contributed by atoms with Crippen molar-refractivity contribution < 1.29 is 0 Å². The number of thiophene rings is 1. The Labute approximate surface area is 107 Å². The number of nitrogens with two attached hydrogens (primary N) is 1. The number of aryl methyl sites for hydroxylation is 2. The van der Waals surface area contributed by atoms with Gasteiger partial charge in [0.05, 0.1) is 0 Å². The van der Waals surface area contributed by atoms with Crippen LogP contribution in [0.1, 0.15) is 21.6 Å². The van der Waals surface area contributed by atoms with Crippen LogP contribution in [0.5, 0.6) is 0 Å². The minimum absolute atomic E-state index is 0.218. The predicted molar refractivity (Wildman–Crippen MR) is 75.6 cm³/mol. The van der Waals surface area contributed by atoms with E-state index in [1.165, 1.54) is 21.6 Å². The fourth-order valence-corrected chi connectivity index (χ4v) is 2.79. The summed E-state index contributed by atoms with van der Waals surface area (Å²) in [6, 6.07) is 11.1. The second-order valence-electron chi connectivity index (χ2n) is 4.67. The van der Waals surface area contributed by atoms with Crippen LogP contribution in [0, 0.1) is 13.8 Å². The normalized spacial score (nSPS) is 12.6. The van der Waals surface area contributed by atoms with Gasteiger partial charge in [0.1, 0.15) is 0 Å². The van der Waals surface area contributed by atoms with Crippen LogP contribution < -0.4 is 5.73 Å². The first-order chi connectivity index (χ1) is 8.15. The molecule has 0 saturated heterocycles. The second kappa shape index (κ2) is 5.48. The Hall–Kier alpha value is -1.12. The molecule has 1 heterocycles. The molecule has 17 heavy (non-hydrogen) atoms. The molecule has 2 N–H and O–H groups in total. The topological polar surface area (TPSA) is 26.0 Å². The Bertz CT molecular complexity index is 474. The minimum Gasteiger partial charge on any atom is -0.327 e. The van der Waals surface area contributed by atoms with Crippen LogP contribution in [0.25, 0.3) is 0 Å². The maximum absolute atomic E-state index is 6.19. The van der Waals surface area contributed by atoms with Crippen molar-refractivity contribution in [2.75, 3.05) is 0 Å². The first kappa shape index (κ1) is 12.3. The molecule has 1 aromatic heterocycles. The Kier molecular flexibility index (Phi) is 3.97. The van der Waals surface area contributed by atoms with E-state index in [1.54, 1.807) is 11.3 Å². The molecule has 0 spiro atoms. The predicted octanol–water partition coefficient (Wildman–Crippen LogP) is 3.48. The zero-order valence-corrected chi connectivity index (χ0v) is 11.3. The lowest BCUT2D eigenvalue weighted by Gasteiger charge is -2.11. The van der Waals surface area contributed by atoms with Gasteiger partial charge in [0.2, 0.25) is 0 Å². The van der Waals surface area contributed by atoms with Crippen molar-refractivity contribution in [2.45, 2.75) is 32.7 Å². The third kappa shape index (κ3) is 3.42. The monoisotopic (exact) mass is 245 g/mol. The number of rotatable bonds is 4. The molecule has 90 valence electrons. The molecular formula is C15H19NS. The number of benzene rings is 1. The van der Waals surface area contributed by atoms with E-state index in [4.69, 9.17) is 5.73 Å². The van der Waals surface area contributed by atoms with Gasteiger partial charge in [0, 0.05) is 10.9 Å². The molecule has 0 aliphatic rings. The van der Waals surface area contributed by atoms with E-state index in [1.807, 2.05) is 0 Å². The van der Waals surface area contributed by atoms with Gasteiger partial charge in [0.25, 0.3) is 0 Å². The second-order valence-corrected chi connectivity index (χ2v) is 5.70. The van der Waals surface area contributed by atoms with Crippen molar-refractivity contribution in [1.29, 1.82) is 0 Å². The van der Waals surface area contributed by atoms with Crippen LogP contribution in [-0.2, 0) is 12.8 Å². The highest BCUT2D eigenvalue weighted by Crippen LogP contribution is 2.15. The summed E-state index contributed by atoms with van der Waals surface area (Å²) in [4.78, 5) is 1.38. The number of hydrogen-bond donors (Lipinski definition) is 1. The maximum atomic E-state index is 6.19. The number of hydrogen-bond acceptors (Lipinski definition) is 2. The zero-order valence-electron chi connectivity index (χ0n) is 10.4. The van der Waals surface area contributed by atoms with E-state index in [2.05, 4.69) is 49.6 Å². The maximum Gasteiger partial charge on any atom is 0.0128 e. The van der Waals surface area contributed by atoms with Crippen LogP contribution in [0.15, 0.2) is 35.7 Å². The molecule has 1 unspecified atom stereocenters. The van der Waals surface area contributed by atoms with Crippen molar-refractivity contribution in [3.8, 4) is 0 Å². The van der Waals surface area contributed by atoms with E-state index in [9.17, 15) is 0 Å². The van der Waals surface area contributed by atoms with Gasteiger partial charge in [-0.1, -0.05) is 24.3 Å². The highest BCUT2D eigenvalue weighted by Gasteiger charge is 2.06. The molecule has 0 aliphatic heterocycles. The van der Waals surface area contributed by atoms with Crippen LogP contribution >= 0.6 is 11.3 Å². The third-order valence-corrected chi connectivity index (χ3v) is 4.01. The molecule has 2 aromatic rings. The van der Waals surface area contributed by atoms with Crippen LogP contribution in [-0.4, -0.2) is 6.04 Å². The van der Waals surface area contributed by atoms with E-state index < -0.39 is 0 Å². The molecule has 1 nitrogen and oxygen atoms in total. The van der Waals surface area contributed by atoms with Crippen LogP contribution in [0.4, 0.5) is 0 Å². The summed E-state index contributed by atoms with van der Waals surface area (Å²) in [5.41, 5.74) is 10.2. The van der Waals surface area contributed by atoms with Gasteiger partial charge in [-0.05, 0) is 54.8 Å². The zero-order chi connectivity index (χ0) is 12.3. The largest absolute Gasteiger partial charge is 0.327 e. The molecule has 0 radical (unpaired) electrons. The van der Waals surface area contributed by atoms with Gasteiger partial charge in [-0.2, -0.15) is 0 Å². The fourth-order valence-electron chi connectivity index (χ4n) is 1.99. The van der Waals surface area contributed by atoms with Crippen molar-refractivity contribution >= 4 is 11.3 Å². The lowest BCUT2D eigenvalue weighted by Crippen LogP contribution is -2.25. The van der Waals surface area contributed by atoms with Gasteiger partial charge >= 0.3 is 0 Å². The van der Waals surface area contributed by atoms with Gasteiger partial charge < -0.3 is 5.73 Å². The summed E-state index contributed by atoms with van der Waals surface area (Å²) in [6.45, 7) is 4.30. The molecule has 0 fully saturated rings. The highest BCUT2D eigenvalue weighted by molar-refractivity contribution is 7.09. The Balaban J connectivity index is 1.98. The molecule has 1 aromatic carbocycles. The third-order valence-electron chi connectivity index (χ3n) is 3.11. The van der Waals surface area contributed by atoms with Gasteiger partial charge in [0.15, 0.2) is 0 Å². The smallest absolute Gasteiger partial charge is 0.0128 e. The van der Waals surface area contributed by atoms with Gasteiger partial charge in [-0.3, -0.25) is 0 Å². The molecule has 0 aliphatic carbocycles. The summed E-state index contributed by atoms with van der Waals surface area (Å²) >= 11 is 1.79. The average Bonchev–Trinajstić information content (AvgIpc) is 2.76. The molecule has 2 heteroatoms. The summed E-state index contributed by atoms with van der Waals surface area (Å²) < 4.78 is 0. The molecule has 0 saturated carbocycles. The van der Waals surface area contributed by atoms with Crippen LogP contribution in [0.2, 0.25) is 0 Å². The highest BCUT2D eigenvalue weighted by atomic mass is 32.1. The Morgan fingerprint density at radius 1 is 1.12 bits per heavy atom. The lowest BCUT2D eigenvalue weighted by atomic mass is 9.99. The van der Waals surface area contributed by atoms with Crippen molar-refractivity contribution in [3.63, 3.8) is 0 Å². The molecule has 0 amide bonds.